The van der Waals surface area contributed by atoms with Gasteiger partial charge in [0.2, 0.25) is 15.9 Å². The van der Waals surface area contributed by atoms with Crippen LogP contribution in [0.25, 0.3) is 0 Å². The van der Waals surface area contributed by atoms with E-state index in [-0.39, 0.29) is 23.9 Å². The number of sulfonamides is 1. The summed E-state index contributed by atoms with van der Waals surface area (Å²) in [6.07, 6.45) is 0. The SMILES string of the molecule is CCN(CC)C(C(=O)NCCNS(=O)(=O)c1cccc(Cl)c1)c1ccccc1. The zero-order valence-corrected chi connectivity index (χ0v) is 17.6. The molecule has 1 atom stereocenters. The van der Waals surface area contributed by atoms with E-state index in [0.29, 0.717) is 5.02 Å². The zero-order valence-electron chi connectivity index (χ0n) is 16.1. The Morgan fingerprint density at radius 1 is 1.04 bits per heavy atom. The van der Waals surface area contributed by atoms with Gasteiger partial charge in [-0.1, -0.05) is 61.8 Å². The van der Waals surface area contributed by atoms with Gasteiger partial charge < -0.3 is 5.32 Å². The Morgan fingerprint density at radius 2 is 1.71 bits per heavy atom. The first-order valence-electron chi connectivity index (χ1n) is 9.21. The van der Waals surface area contributed by atoms with E-state index >= 15 is 0 Å². The molecule has 152 valence electrons. The number of likely N-dealkylation sites (N-methyl/N-ethyl adjacent to an activating group) is 1. The van der Waals surface area contributed by atoms with Crippen molar-refractivity contribution in [3.05, 3.63) is 65.2 Å². The second kappa shape index (κ2) is 10.6. The Hall–Kier alpha value is -1.93. The highest BCUT2D eigenvalue weighted by Gasteiger charge is 2.25. The number of hydrogen-bond acceptors (Lipinski definition) is 4. The third-order valence-electron chi connectivity index (χ3n) is 4.36. The van der Waals surface area contributed by atoms with Gasteiger partial charge in [0, 0.05) is 18.1 Å². The monoisotopic (exact) mass is 423 g/mol. The highest BCUT2D eigenvalue weighted by atomic mass is 35.5. The van der Waals surface area contributed by atoms with Crippen molar-refractivity contribution in [2.45, 2.75) is 24.8 Å². The normalized spacial score (nSPS) is 12.7. The maximum atomic E-state index is 12.8. The van der Waals surface area contributed by atoms with Gasteiger partial charge in [-0.15, -0.1) is 0 Å². The van der Waals surface area contributed by atoms with E-state index in [1.165, 1.54) is 12.1 Å². The number of amides is 1. The highest BCUT2D eigenvalue weighted by Crippen LogP contribution is 2.20. The molecule has 0 heterocycles. The molecule has 0 aromatic heterocycles. The van der Waals surface area contributed by atoms with E-state index in [2.05, 4.69) is 14.9 Å². The van der Waals surface area contributed by atoms with Crippen LogP contribution in [-0.2, 0) is 14.8 Å². The third kappa shape index (κ3) is 6.04. The second-order valence-electron chi connectivity index (χ2n) is 6.18. The van der Waals surface area contributed by atoms with Gasteiger partial charge in [-0.25, -0.2) is 13.1 Å². The number of nitrogens with one attached hydrogen (secondary N) is 2. The van der Waals surface area contributed by atoms with E-state index in [1.54, 1.807) is 12.1 Å². The van der Waals surface area contributed by atoms with Crippen LogP contribution >= 0.6 is 11.6 Å². The maximum absolute atomic E-state index is 12.8. The van der Waals surface area contributed by atoms with Crippen LogP contribution in [0.3, 0.4) is 0 Å². The molecule has 2 aromatic rings. The van der Waals surface area contributed by atoms with Crippen molar-refractivity contribution < 1.29 is 13.2 Å². The van der Waals surface area contributed by atoms with Crippen molar-refractivity contribution in [3.8, 4) is 0 Å². The van der Waals surface area contributed by atoms with E-state index in [4.69, 9.17) is 11.6 Å². The van der Waals surface area contributed by atoms with Gasteiger partial charge in [-0.3, -0.25) is 9.69 Å². The lowest BCUT2D eigenvalue weighted by atomic mass is 10.0. The Kier molecular flexibility index (Phi) is 8.44. The molecule has 0 radical (unpaired) electrons. The molecular formula is C20H26ClN3O3S. The number of carbonyl (C=O) groups excluding carboxylic acids is 1. The molecule has 8 heteroatoms. The Labute approximate surface area is 171 Å². The van der Waals surface area contributed by atoms with E-state index < -0.39 is 16.1 Å². The van der Waals surface area contributed by atoms with Gasteiger partial charge in [0.25, 0.3) is 0 Å². The fraction of sp³-hybridized carbons (Fsp3) is 0.350. The van der Waals surface area contributed by atoms with Crippen LogP contribution in [0, 0.1) is 0 Å². The van der Waals surface area contributed by atoms with Gasteiger partial charge in [-0.2, -0.15) is 0 Å². The van der Waals surface area contributed by atoms with Crippen molar-refractivity contribution in [1.29, 1.82) is 0 Å². The molecule has 0 aliphatic carbocycles. The largest absolute Gasteiger partial charge is 0.353 e. The van der Waals surface area contributed by atoms with Crippen molar-refractivity contribution >= 4 is 27.5 Å². The first-order valence-corrected chi connectivity index (χ1v) is 11.1. The third-order valence-corrected chi connectivity index (χ3v) is 6.06. The molecule has 0 bridgehead atoms. The average molecular weight is 424 g/mol. The second-order valence-corrected chi connectivity index (χ2v) is 8.38. The van der Waals surface area contributed by atoms with Crippen molar-refractivity contribution in [2.75, 3.05) is 26.2 Å². The lowest BCUT2D eigenvalue weighted by Crippen LogP contribution is -2.43. The Bertz CT molecular complexity index is 871. The summed E-state index contributed by atoms with van der Waals surface area (Å²) in [5, 5.41) is 3.18. The molecular weight excluding hydrogens is 398 g/mol. The van der Waals surface area contributed by atoms with E-state index in [1.807, 2.05) is 44.2 Å². The summed E-state index contributed by atoms with van der Waals surface area (Å²) < 4.78 is 27.1. The quantitative estimate of drug-likeness (QED) is 0.576. The summed E-state index contributed by atoms with van der Waals surface area (Å²) in [5.41, 5.74) is 0.906. The highest BCUT2D eigenvalue weighted by molar-refractivity contribution is 7.89. The summed E-state index contributed by atoms with van der Waals surface area (Å²) >= 11 is 5.85. The molecule has 0 fully saturated rings. The number of rotatable bonds is 10. The van der Waals surface area contributed by atoms with Gasteiger partial charge >= 0.3 is 0 Å². The number of hydrogen-bond donors (Lipinski definition) is 2. The number of benzene rings is 2. The lowest BCUT2D eigenvalue weighted by molar-refractivity contribution is -0.126. The molecule has 1 amide bonds. The van der Waals surface area contributed by atoms with Crippen LogP contribution in [0.1, 0.15) is 25.5 Å². The first kappa shape index (κ1) is 22.4. The molecule has 0 spiro atoms. The van der Waals surface area contributed by atoms with Crippen LogP contribution in [0.2, 0.25) is 5.02 Å². The summed E-state index contributed by atoms with van der Waals surface area (Å²) in [5.74, 6) is -0.156. The van der Waals surface area contributed by atoms with Crippen LogP contribution in [0.5, 0.6) is 0 Å². The van der Waals surface area contributed by atoms with Crippen LogP contribution in [0.15, 0.2) is 59.5 Å². The van der Waals surface area contributed by atoms with E-state index in [0.717, 1.165) is 18.7 Å². The zero-order chi connectivity index (χ0) is 20.6. The Balaban J connectivity index is 1.97. The molecule has 0 saturated carbocycles. The van der Waals surface area contributed by atoms with E-state index in [9.17, 15) is 13.2 Å². The van der Waals surface area contributed by atoms with Crippen LogP contribution < -0.4 is 10.0 Å². The van der Waals surface area contributed by atoms with Gasteiger partial charge in [0.05, 0.1) is 4.90 Å². The fourth-order valence-electron chi connectivity index (χ4n) is 2.94. The van der Waals surface area contributed by atoms with Crippen LogP contribution in [-0.4, -0.2) is 45.4 Å². The molecule has 0 saturated heterocycles. The summed E-state index contributed by atoms with van der Waals surface area (Å²) in [7, 11) is -3.67. The van der Waals surface area contributed by atoms with Crippen molar-refractivity contribution in [2.24, 2.45) is 0 Å². The lowest BCUT2D eigenvalue weighted by Gasteiger charge is -2.29. The predicted octanol–water partition coefficient (Wildman–Crippen LogP) is 2.82. The molecule has 1 unspecified atom stereocenters. The van der Waals surface area contributed by atoms with Crippen molar-refractivity contribution in [3.63, 3.8) is 0 Å². The van der Waals surface area contributed by atoms with Crippen molar-refractivity contribution in [1.82, 2.24) is 14.9 Å². The first-order chi connectivity index (χ1) is 13.4. The Morgan fingerprint density at radius 3 is 2.32 bits per heavy atom. The molecule has 0 aliphatic heterocycles. The molecule has 2 aromatic carbocycles. The predicted molar refractivity (Wildman–Crippen MR) is 112 cm³/mol. The van der Waals surface area contributed by atoms with Gasteiger partial charge in [0.1, 0.15) is 6.04 Å². The van der Waals surface area contributed by atoms with Crippen LogP contribution in [0.4, 0.5) is 0 Å². The number of carbonyl (C=O) groups is 1. The minimum absolute atomic E-state index is 0.0837. The van der Waals surface area contributed by atoms with Gasteiger partial charge in [-0.05, 0) is 36.9 Å². The minimum atomic E-state index is -3.67. The molecule has 28 heavy (non-hydrogen) atoms. The summed E-state index contributed by atoms with van der Waals surface area (Å²) in [6, 6.07) is 15.2. The summed E-state index contributed by atoms with van der Waals surface area (Å²) in [4.78, 5) is 14.9. The number of nitrogens with zero attached hydrogens (tertiary/aromatic N) is 1. The number of halogens is 1. The fourth-order valence-corrected chi connectivity index (χ4v) is 4.27. The smallest absolute Gasteiger partial charge is 0.242 e. The standard InChI is InChI=1S/C20H26ClN3O3S/c1-3-24(4-2)19(16-9-6-5-7-10-16)20(25)22-13-14-23-28(26,27)18-12-8-11-17(21)15-18/h5-12,15,19,23H,3-4,13-14H2,1-2H3,(H,22,25). The summed E-state index contributed by atoms with van der Waals surface area (Å²) in [6.45, 7) is 5.73. The minimum Gasteiger partial charge on any atom is -0.353 e. The van der Waals surface area contributed by atoms with Gasteiger partial charge in [0.15, 0.2) is 0 Å². The molecule has 2 N–H and O–H groups in total. The molecule has 0 aliphatic rings. The molecule has 6 nitrogen and oxygen atoms in total. The average Bonchev–Trinajstić information content (AvgIpc) is 2.69. The maximum Gasteiger partial charge on any atom is 0.242 e. The molecule has 2 rings (SSSR count). The topological polar surface area (TPSA) is 78.5 Å².